The standard InChI is InChI=1S/C28H39N3O5/c1-22(12-8-10-18-30-27(33)35-20-23-13-4-2-5-14-23)26(32)25(29)17-9-11-19-31-28(34)36-21-24-15-6-3-7-16-24/h2-7,13-16,22,25H,8-12,17-21,29H2,1H3,(H,30,33)(H,31,34). The topological polar surface area (TPSA) is 120 Å². The molecule has 0 spiro atoms. The van der Waals surface area contributed by atoms with Crippen LogP contribution in [-0.4, -0.2) is 37.1 Å². The molecule has 196 valence electrons. The van der Waals surface area contributed by atoms with Crippen molar-refractivity contribution in [3.63, 3.8) is 0 Å². The minimum absolute atomic E-state index is 0.0560. The summed E-state index contributed by atoms with van der Waals surface area (Å²) >= 11 is 0. The van der Waals surface area contributed by atoms with E-state index in [-0.39, 0.29) is 24.9 Å². The van der Waals surface area contributed by atoms with Crippen LogP contribution in [0.5, 0.6) is 0 Å². The van der Waals surface area contributed by atoms with Gasteiger partial charge < -0.3 is 25.8 Å². The van der Waals surface area contributed by atoms with E-state index in [1.165, 1.54) is 0 Å². The molecule has 0 fully saturated rings. The highest BCUT2D eigenvalue weighted by atomic mass is 16.6. The Labute approximate surface area is 213 Å². The molecule has 2 aromatic rings. The average molecular weight is 498 g/mol. The number of amides is 2. The van der Waals surface area contributed by atoms with Crippen molar-refractivity contribution in [3.05, 3.63) is 71.8 Å². The predicted molar refractivity (Wildman–Crippen MR) is 139 cm³/mol. The molecule has 0 saturated heterocycles. The van der Waals surface area contributed by atoms with Crippen LogP contribution >= 0.6 is 0 Å². The summed E-state index contributed by atoms with van der Waals surface area (Å²) < 4.78 is 10.3. The van der Waals surface area contributed by atoms with Crippen LogP contribution in [-0.2, 0) is 27.5 Å². The number of ether oxygens (including phenoxy) is 2. The van der Waals surface area contributed by atoms with Crippen molar-refractivity contribution in [3.8, 4) is 0 Å². The lowest BCUT2D eigenvalue weighted by Gasteiger charge is -2.16. The summed E-state index contributed by atoms with van der Waals surface area (Å²) in [5.41, 5.74) is 7.96. The van der Waals surface area contributed by atoms with Gasteiger partial charge in [-0.3, -0.25) is 4.79 Å². The second-order valence-corrected chi connectivity index (χ2v) is 8.88. The highest BCUT2D eigenvalue weighted by Crippen LogP contribution is 2.13. The van der Waals surface area contributed by atoms with Crippen molar-refractivity contribution in [2.45, 2.75) is 64.7 Å². The van der Waals surface area contributed by atoms with Crippen LogP contribution < -0.4 is 16.4 Å². The molecule has 8 nitrogen and oxygen atoms in total. The minimum atomic E-state index is -0.504. The third-order valence-corrected chi connectivity index (χ3v) is 5.82. The number of benzene rings is 2. The molecule has 0 radical (unpaired) electrons. The Hall–Kier alpha value is -3.39. The molecule has 0 aromatic heterocycles. The molecule has 4 N–H and O–H groups in total. The number of hydrogen-bond acceptors (Lipinski definition) is 6. The van der Waals surface area contributed by atoms with Gasteiger partial charge in [-0.2, -0.15) is 0 Å². The van der Waals surface area contributed by atoms with Gasteiger partial charge in [0.1, 0.15) is 13.2 Å². The van der Waals surface area contributed by atoms with E-state index in [2.05, 4.69) is 10.6 Å². The first kappa shape index (κ1) is 28.8. The Morgan fingerprint density at radius 3 is 1.64 bits per heavy atom. The summed E-state index contributed by atoms with van der Waals surface area (Å²) in [6.45, 7) is 3.35. The van der Waals surface area contributed by atoms with Crippen LogP contribution in [0.25, 0.3) is 0 Å². The monoisotopic (exact) mass is 497 g/mol. The van der Waals surface area contributed by atoms with E-state index in [9.17, 15) is 14.4 Å². The van der Waals surface area contributed by atoms with Crippen molar-refractivity contribution in [1.29, 1.82) is 0 Å². The molecule has 0 aliphatic carbocycles. The van der Waals surface area contributed by atoms with E-state index < -0.39 is 18.2 Å². The molecule has 0 aliphatic heterocycles. The summed E-state index contributed by atoms with van der Waals surface area (Å²) in [5, 5.41) is 5.45. The third kappa shape index (κ3) is 12.4. The van der Waals surface area contributed by atoms with Gasteiger partial charge in [0.2, 0.25) is 0 Å². The highest BCUT2D eigenvalue weighted by Gasteiger charge is 2.19. The maximum Gasteiger partial charge on any atom is 0.407 e. The Morgan fingerprint density at radius 1 is 0.722 bits per heavy atom. The summed E-state index contributed by atoms with van der Waals surface area (Å²) in [6, 6.07) is 18.5. The van der Waals surface area contributed by atoms with Crippen molar-refractivity contribution >= 4 is 18.0 Å². The van der Waals surface area contributed by atoms with Crippen molar-refractivity contribution in [1.82, 2.24) is 10.6 Å². The fourth-order valence-corrected chi connectivity index (χ4v) is 3.64. The molecule has 2 rings (SSSR count). The molecule has 2 unspecified atom stereocenters. The molecule has 2 atom stereocenters. The molecule has 0 aliphatic rings. The summed E-state index contributed by atoms with van der Waals surface area (Å²) in [5.74, 6) is -0.0726. The Bertz CT molecular complexity index is 834. The van der Waals surface area contributed by atoms with Gasteiger partial charge in [-0.25, -0.2) is 9.59 Å². The average Bonchev–Trinajstić information content (AvgIpc) is 2.90. The van der Waals surface area contributed by atoms with Gasteiger partial charge in [0.15, 0.2) is 5.78 Å². The second kappa shape index (κ2) is 17.1. The number of nitrogens with two attached hydrogens (primary N) is 1. The van der Waals surface area contributed by atoms with Crippen LogP contribution in [0.1, 0.15) is 56.6 Å². The normalized spacial score (nSPS) is 12.3. The van der Waals surface area contributed by atoms with Crippen LogP contribution in [0.15, 0.2) is 60.7 Å². The summed E-state index contributed by atoms with van der Waals surface area (Å²) in [6.07, 6.45) is 3.46. The van der Waals surface area contributed by atoms with Gasteiger partial charge >= 0.3 is 12.2 Å². The molecule has 2 aromatic carbocycles. The summed E-state index contributed by atoms with van der Waals surface area (Å²) in [7, 11) is 0. The number of nitrogens with one attached hydrogen (secondary N) is 2. The lowest BCUT2D eigenvalue weighted by molar-refractivity contribution is -0.124. The van der Waals surface area contributed by atoms with Crippen LogP contribution in [0.2, 0.25) is 0 Å². The van der Waals surface area contributed by atoms with Crippen LogP contribution in [0.4, 0.5) is 9.59 Å². The molecule has 8 heteroatoms. The second-order valence-electron chi connectivity index (χ2n) is 8.88. The first-order chi connectivity index (χ1) is 17.5. The minimum Gasteiger partial charge on any atom is -0.445 e. The van der Waals surface area contributed by atoms with Gasteiger partial charge in [-0.1, -0.05) is 74.0 Å². The van der Waals surface area contributed by atoms with Crippen LogP contribution in [0.3, 0.4) is 0 Å². The fraction of sp³-hybridized carbons (Fsp3) is 0.464. The Kier molecular flexibility index (Phi) is 13.7. The first-order valence-electron chi connectivity index (χ1n) is 12.6. The number of hydrogen-bond donors (Lipinski definition) is 3. The zero-order valence-corrected chi connectivity index (χ0v) is 21.1. The van der Waals surface area contributed by atoms with Gasteiger partial charge in [0, 0.05) is 19.0 Å². The smallest absolute Gasteiger partial charge is 0.407 e. The quantitative estimate of drug-likeness (QED) is 0.289. The van der Waals surface area contributed by atoms with Crippen molar-refractivity contribution in [2.24, 2.45) is 11.7 Å². The molecule has 0 heterocycles. The molecule has 36 heavy (non-hydrogen) atoms. The Morgan fingerprint density at radius 2 is 1.17 bits per heavy atom. The Balaban J connectivity index is 1.46. The largest absolute Gasteiger partial charge is 0.445 e. The van der Waals surface area contributed by atoms with E-state index >= 15 is 0 Å². The van der Waals surface area contributed by atoms with Crippen LogP contribution in [0, 0.1) is 5.92 Å². The van der Waals surface area contributed by atoms with Crippen molar-refractivity contribution < 1.29 is 23.9 Å². The van der Waals surface area contributed by atoms with E-state index in [0.29, 0.717) is 19.5 Å². The molecule has 0 bridgehead atoms. The lowest BCUT2D eigenvalue weighted by Crippen LogP contribution is -2.35. The highest BCUT2D eigenvalue weighted by molar-refractivity contribution is 5.85. The number of carbonyl (C=O) groups excluding carboxylic acids is 3. The fourth-order valence-electron chi connectivity index (χ4n) is 3.64. The van der Waals surface area contributed by atoms with Gasteiger partial charge in [-0.05, 0) is 43.2 Å². The molecular weight excluding hydrogens is 458 g/mol. The van der Waals surface area contributed by atoms with Gasteiger partial charge in [0.25, 0.3) is 0 Å². The molecular formula is C28H39N3O5. The van der Waals surface area contributed by atoms with Gasteiger partial charge in [-0.15, -0.1) is 0 Å². The SMILES string of the molecule is CC(CCCCNC(=O)OCc1ccccc1)C(=O)C(N)CCCCNC(=O)OCc1ccccc1. The zero-order chi connectivity index (χ0) is 26.0. The number of alkyl carbamates (subject to hydrolysis) is 2. The third-order valence-electron chi connectivity index (χ3n) is 5.82. The van der Waals surface area contributed by atoms with E-state index in [1.54, 1.807) is 0 Å². The van der Waals surface area contributed by atoms with E-state index in [0.717, 1.165) is 43.2 Å². The number of ketones is 1. The maximum atomic E-state index is 12.5. The predicted octanol–water partition coefficient (Wildman–Crippen LogP) is 4.71. The lowest BCUT2D eigenvalue weighted by atomic mass is 9.92. The number of Topliss-reactive ketones (excluding diaryl/α,β-unsaturated/α-hetero) is 1. The maximum absolute atomic E-state index is 12.5. The van der Waals surface area contributed by atoms with Gasteiger partial charge in [0.05, 0.1) is 6.04 Å². The molecule has 0 saturated carbocycles. The van der Waals surface area contributed by atoms with E-state index in [4.69, 9.17) is 15.2 Å². The zero-order valence-electron chi connectivity index (χ0n) is 21.1. The number of carbonyl (C=O) groups is 3. The first-order valence-corrected chi connectivity index (χ1v) is 12.6. The van der Waals surface area contributed by atoms with Crippen molar-refractivity contribution in [2.75, 3.05) is 13.1 Å². The van der Waals surface area contributed by atoms with E-state index in [1.807, 2.05) is 67.6 Å². The number of unbranched alkanes of at least 4 members (excludes halogenated alkanes) is 2. The summed E-state index contributed by atoms with van der Waals surface area (Å²) in [4.78, 5) is 36.0. The number of rotatable bonds is 16. The molecule has 2 amide bonds.